The molecule has 1 amide bonds. The van der Waals surface area contributed by atoms with Crippen LogP contribution in [0.2, 0.25) is 0 Å². The number of hydrogen-bond acceptors (Lipinski definition) is 5. The molecule has 7 nitrogen and oxygen atoms in total. The summed E-state index contributed by atoms with van der Waals surface area (Å²) in [4.78, 5) is 22.1. The molecule has 0 saturated carbocycles. The normalized spacial score (nSPS) is 10.9. The number of amides is 1. The zero-order valence-corrected chi connectivity index (χ0v) is 16.5. The van der Waals surface area contributed by atoms with Crippen LogP contribution in [0.5, 0.6) is 0 Å². The van der Waals surface area contributed by atoms with E-state index in [2.05, 4.69) is 26.5 Å². The lowest BCUT2D eigenvalue weighted by molar-refractivity contribution is -0.384. The van der Waals surface area contributed by atoms with Gasteiger partial charge in [-0.2, -0.15) is 5.10 Å². The molecule has 0 aliphatic heterocycles. The van der Waals surface area contributed by atoms with Crippen LogP contribution in [0.3, 0.4) is 0 Å². The van der Waals surface area contributed by atoms with Crippen molar-refractivity contribution in [1.82, 2.24) is 5.43 Å². The molecule has 1 heterocycles. The zero-order chi connectivity index (χ0) is 20.1. The number of benzene rings is 2. The molecule has 3 rings (SSSR count). The van der Waals surface area contributed by atoms with E-state index in [4.69, 9.17) is 4.42 Å². The molecular formula is C20H16BrN3O4. The maximum atomic E-state index is 11.9. The Morgan fingerprint density at radius 3 is 2.64 bits per heavy atom. The number of aryl methyl sites for hydroxylation is 1. The lowest BCUT2D eigenvalue weighted by Gasteiger charge is -2.01. The molecule has 0 fully saturated rings. The summed E-state index contributed by atoms with van der Waals surface area (Å²) >= 11 is 3.50. The Labute approximate surface area is 169 Å². The van der Waals surface area contributed by atoms with Crippen LogP contribution < -0.4 is 5.43 Å². The van der Waals surface area contributed by atoms with E-state index in [1.165, 1.54) is 18.3 Å². The van der Waals surface area contributed by atoms with Gasteiger partial charge in [0.15, 0.2) is 0 Å². The zero-order valence-electron chi connectivity index (χ0n) is 14.9. The molecule has 3 aromatic rings. The monoisotopic (exact) mass is 441 g/mol. The van der Waals surface area contributed by atoms with E-state index in [1.807, 2.05) is 31.2 Å². The van der Waals surface area contributed by atoms with Gasteiger partial charge in [-0.15, -0.1) is 0 Å². The molecule has 8 heteroatoms. The van der Waals surface area contributed by atoms with Crippen molar-refractivity contribution in [3.8, 4) is 11.3 Å². The molecule has 0 radical (unpaired) electrons. The number of hydrazone groups is 1. The van der Waals surface area contributed by atoms with E-state index in [9.17, 15) is 14.9 Å². The highest BCUT2D eigenvalue weighted by molar-refractivity contribution is 9.10. The lowest BCUT2D eigenvalue weighted by atomic mass is 10.1. The van der Waals surface area contributed by atoms with E-state index in [1.54, 1.807) is 18.2 Å². The summed E-state index contributed by atoms with van der Waals surface area (Å²) < 4.78 is 6.71. The molecule has 0 spiro atoms. The second-order valence-electron chi connectivity index (χ2n) is 6.06. The molecular weight excluding hydrogens is 426 g/mol. The van der Waals surface area contributed by atoms with Gasteiger partial charge in [0.2, 0.25) is 5.91 Å². The van der Waals surface area contributed by atoms with Crippen molar-refractivity contribution in [2.75, 3.05) is 0 Å². The first-order valence-electron chi connectivity index (χ1n) is 8.34. The second-order valence-corrected chi connectivity index (χ2v) is 6.91. The quantitative estimate of drug-likeness (QED) is 0.342. The molecule has 1 N–H and O–H groups in total. The first kappa shape index (κ1) is 19.5. The average molecular weight is 442 g/mol. The number of halogens is 1. The highest BCUT2D eigenvalue weighted by Gasteiger charge is 2.08. The number of hydrogen-bond donors (Lipinski definition) is 1. The molecule has 0 bridgehead atoms. The Morgan fingerprint density at radius 2 is 1.96 bits per heavy atom. The van der Waals surface area contributed by atoms with E-state index in [0.717, 1.165) is 15.6 Å². The van der Waals surface area contributed by atoms with Gasteiger partial charge in [0.1, 0.15) is 11.5 Å². The summed E-state index contributed by atoms with van der Waals surface area (Å²) in [6.07, 6.45) is 1.48. The number of furan rings is 1. The molecule has 2 aromatic carbocycles. The average Bonchev–Trinajstić information content (AvgIpc) is 3.13. The Bertz CT molecular complexity index is 1040. The van der Waals surface area contributed by atoms with Crippen LogP contribution in [0, 0.1) is 17.0 Å². The third kappa shape index (κ3) is 4.92. The van der Waals surface area contributed by atoms with Crippen LogP contribution in [0.1, 0.15) is 16.9 Å². The van der Waals surface area contributed by atoms with Crippen molar-refractivity contribution in [2.24, 2.45) is 5.10 Å². The molecule has 0 atom stereocenters. The van der Waals surface area contributed by atoms with E-state index < -0.39 is 4.92 Å². The van der Waals surface area contributed by atoms with Gasteiger partial charge in [-0.1, -0.05) is 40.2 Å². The number of nitro groups is 1. The predicted molar refractivity (Wildman–Crippen MR) is 109 cm³/mol. The van der Waals surface area contributed by atoms with Gasteiger partial charge in [0.25, 0.3) is 5.69 Å². The fraction of sp³-hybridized carbons (Fsp3) is 0.100. The first-order chi connectivity index (χ1) is 13.4. The molecule has 142 valence electrons. The largest absolute Gasteiger partial charge is 0.455 e. The van der Waals surface area contributed by atoms with Crippen molar-refractivity contribution in [2.45, 2.75) is 13.3 Å². The van der Waals surface area contributed by atoms with Gasteiger partial charge < -0.3 is 4.42 Å². The van der Waals surface area contributed by atoms with Crippen molar-refractivity contribution in [3.63, 3.8) is 0 Å². The second kappa shape index (κ2) is 8.62. The van der Waals surface area contributed by atoms with Crippen molar-refractivity contribution in [1.29, 1.82) is 0 Å². The SMILES string of the molecule is Cc1ccc(-c2ccc(/C=N\NC(=O)Cc3ccc([N+](=O)[O-])cc3)o2)cc1Br. The highest BCUT2D eigenvalue weighted by atomic mass is 79.9. The maximum absolute atomic E-state index is 11.9. The molecule has 28 heavy (non-hydrogen) atoms. The van der Waals surface area contributed by atoms with Crippen LogP contribution in [0.25, 0.3) is 11.3 Å². The predicted octanol–water partition coefficient (Wildman–Crippen LogP) is 4.62. The minimum atomic E-state index is -0.485. The maximum Gasteiger partial charge on any atom is 0.269 e. The van der Waals surface area contributed by atoms with Crippen LogP contribution in [-0.2, 0) is 11.2 Å². The van der Waals surface area contributed by atoms with Gasteiger partial charge in [-0.05, 0) is 36.2 Å². The summed E-state index contributed by atoms with van der Waals surface area (Å²) in [6.45, 7) is 2.01. The van der Waals surface area contributed by atoms with E-state index in [-0.39, 0.29) is 18.0 Å². The Morgan fingerprint density at radius 1 is 1.21 bits per heavy atom. The minimum Gasteiger partial charge on any atom is -0.455 e. The molecule has 1 aromatic heterocycles. The van der Waals surface area contributed by atoms with Gasteiger partial charge in [-0.3, -0.25) is 14.9 Å². The number of carbonyl (C=O) groups excluding carboxylic acids is 1. The van der Waals surface area contributed by atoms with Crippen molar-refractivity contribution < 1.29 is 14.1 Å². The summed E-state index contributed by atoms with van der Waals surface area (Å²) in [7, 11) is 0. The fourth-order valence-corrected chi connectivity index (χ4v) is 2.83. The molecule has 0 unspecified atom stereocenters. The summed E-state index contributed by atoms with van der Waals surface area (Å²) in [5.74, 6) is 0.862. The molecule has 0 aliphatic rings. The summed E-state index contributed by atoms with van der Waals surface area (Å²) in [5.41, 5.74) is 5.11. The Kier molecular flexibility index (Phi) is 6.00. The number of nitrogens with one attached hydrogen (secondary N) is 1. The van der Waals surface area contributed by atoms with Gasteiger partial charge >= 0.3 is 0 Å². The number of carbonyl (C=O) groups is 1. The van der Waals surface area contributed by atoms with Crippen LogP contribution >= 0.6 is 15.9 Å². The number of nitro benzene ring substituents is 1. The standard InChI is InChI=1S/C20H16BrN3O4/c1-13-2-5-15(11-18(13)21)19-9-8-17(28-19)12-22-23-20(25)10-14-3-6-16(7-4-14)24(26)27/h2-9,11-12H,10H2,1H3,(H,23,25)/b22-12-. The smallest absolute Gasteiger partial charge is 0.269 e. The summed E-state index contributed by atoms with van der Waals surface area (Å²) in [5, 5.41) is 14.5. The number of nitrogens with zero attached hydrogens (tertiary/aromatic N) is 2. The lowest BCUT2D eigenvalue weighted by Crippen LogP contribution is -2.19. The third-order valence-corrected chi connectivity index (χ3v) is 4.83. The highest BCUT2D eigenvalue weighted by Crippen LogP contribution is 2.26. The first-order valence-corrected chi connectivity index (χ1v) is 9.13. The van der Waals surface area contributed by atoms with E-state index >= 15 is 0 Å². The topological polar surface area (TPSA) is 97.7 Å². The Balaban J connectivity index is 1.57. The summed E-state index contributed by atoms with van der Waals surface area (Å²) in [6, 6.07) is 15.3. The molecule has 0 saturated heterocycles. The van der Waals surface area contributed by atoms with Gasteiger partial charge in [0, 0.05) is 22.2 Å². The van der Waals surface area contributed by atoms with Crippen LogP contribution in [-0.4, -0.2) is 17.0 Å². The van der Waals surface area contributed by atoms with Crippen LogP contribution in [0.15, 0.2) is 68.6 Å². The van der Waals surface area contributed by atoms with Gasteiger partial charge in [-0.25, -0.2) is 5.43 Å². The third-order valence-electron chi connectivity index (χ3n) is 3.98. The minimum absolute atomic E-state index is 0.0172. The fourth-order valence-electron chi connectivity index (χ4n) is 2.45. The van der Waals surface area contributed by atoms with Crippen molar-refractivity contribution >= 4 is 33.7 Å². The number of non-ortho nitro benzene ring substituents is 1. The number of rotatable bonds is 6. The Hall–Kier alpha value is -3.26. The van der Waals surface area contributed by atoms with E-state index in [0.29, 0.717) is 17.1 Å². The van der Waals surface area contributed by atoms with Crippen molar-refractivity contribution in [3.05, 3.63) is 86.1 Å². The van der Waals surface area contributed by atoms with Crippen LogP contribution in [0.4, 0.5) is 5.69 Å². The van der Waals surface area contributed by atoms with Gasteiger partial charge in [0.05, 0.1) is 17.6 Å². The molecule has 0 aliphatic carbocycles.